The molecule has 4 nitrogen and oxygen atoms in total. The van der Waals surface area contributed by atoms with Crippen LogP contribution in [0.5, 0.6) is 0 Å². The molecular weight excluding hydrogens is 198 g/mol. The zero-order valence-electron chi connectivity index (χ0n) is 8.62. The van der Waals surface area contributed by atoms with Crippen molar-refractivity contribution < 1.29 is 4.74 Å². The van der Waals surface area contributed by atoms with E-state index in [2.05, 4.69) is 22.6 Å². The summed E-state index contributed by atoms with van der Waals surface area (Å²) in [6.45, 7) is 3.25. The molecule has 1 unspecified atom stereocenters. The van der Waals surface area contributed by atoms with Crippen LogP contribution in [-0.4, -0.2) is 31.3 Å². The second-order valence-electron chi connectivity index (χ2n) is 3.03. The zero-order valence-corrected chi connectivity index (χ0v) is 9.43. The normalized spacial score (nSPS) is 12.8. The summed E-state index contributed by atoms with van der Waals surface area (Å²) < 4.78 is 5.03. The van der Waals surface area contributed by atoms with Crippen molar-refractivity contribution in [2.75, 3.05) is 25.6 Å². The first kappa shape index (κ1) is 11.4. The zero-order chi connectivity index (χ0) is 10.4. The van der Waals surface area contributed by atoms with Crippen molar-refractivity contribution in [3.05, 3.63) is 11.1 Å². The van der Waals surface area contributed by atoms with Gasteiger partial charge in [0, 0.05) is 19.0 Å². The Kier molecular flexibility index (Phi) is 4.86. The van der Waals surface area contributed by atoms with E-state index in [0.717, 1.165) is 17.2 Å². The Labute approximate surface area is 88.5 Å². The Balaban J connectivity index is 2.48. The van der Waals surface area contributed by atoms with E-state index in [0.29, 0.717) is 13.2 Å². The molecule has 0 bridgehead atoms. The lowest BCUT2D eigenvalue weighted by atomic mass is 10.3. The average Bonchev–Trinajstić information content (AvgIpc) is 2.65. The molecule has 3 N–H and O–H groups in total. The summed E-state index contributed by atoms with van der Waals surface area (Å²) in [6, 6.07) is 0.149. The molecule has 0 aliphatic heterocycles. The highest BCUT2D eigenvalue weighted by Crippen LogP contribution is 2.16. The Morgan fingerprint density at radius 1 is 1.71 bits per heavy atom. The Hall–Kier alpha value is -0.650. The quantitative estimate of drug-likeness (QED) is 0.746. The molecule has 14 heavy (non-hydrogen) atoms. The molecular formula is C9H17N3OS. The van der Waals surface area contributed by atoms with Crippen LogP contribution in [0.15, 0.2) is 5.38 Å². The summed E-state index contributed by atoms with van der Waals surface area (Å²) in [7, 11) is 1.67. The molecule has 0 spiro atoms. The number of aromatic nitrogens is 1. The SMILES string of the molecule is CCc1csc(NC(CN)COC)n1. The van der Waals surface area contributed by atoms with Crippen LogP contribution in [0.3, 0.4) is 0 Å². The smallest absolute Gasteiger partial charge is 0.183 e. The van der Waals surface area contributed by atoms with Crippen LogP contribution in [-0.2, 0) is 11.2 Å². The summed E-state index contributed by atoms with van der Waals surface area (Å²) in [5, 5.41) is 6.23. The first-order valence-electron chi connectivity index (χ1n) is 4.70. The molecule has 1 atom stereocenters. The van der Waals surface area contributed by atoms with E-state index in [1.165, 1.54) is 0 Å². The van der Waals surface area contributed by atoms with Crippen molar-refractivity contribution in [3.8, 4) is 0 Å². The third kappa shape index (κ3) is 3.25. The topological polar surface area (TPSA) is 60.2 Å². The van der Waals surface area contributed by atoms with Crippen molar-refractivity contribution in [3.63, 3.8) is 0 Å². The van der Waals surface area contributed by atoms with Gasteiger partial charge in [0.2, 0.25) is 0 Å². The van der Waals surface area contributed by atoms with Crippen LogP contribution in [0.2, 0.25) is 0 Å². The van der Waals surface area contributed by atoms with Crippen molar-refractivity contribution >= 4 is 16.5 Å². The second kappa shape index (κ2) is 5.95. The summed E-state index contributed by atoms with van der Waals surface area (Å²) in [6.07, 6.45) is 0.968. The number of methoxy groups -OCH3 is 1. The molecule has 0 saturated heterocycles. The first-order valence-corrected chi connectivity index (χ1v) is 5.58. The fraction of sp³-hybridized carbons (Fsp3) is 0.667. The molecule has 1 aromatic rings. The van der Waals surface area contributed by atoms with Gasteiger partial charge in [-0.3, -0.25) is 0 Å². The van der Waals surface area contributed by atoms with Gasteiger partial charge in [-0.1, -0.05) is 6.92 Å². The van der Waals surface area contributed by atoms with Crippen LogP contribution in [0, 0.1) is 0 Å². The molecule has 5 heteroatoms. The van der Waals surface area contributed by atoms with Gasteiger partial charge in [-0.25, -0.2) is 4.98 Å². The van der Waals surface area contributed by atoms with Crippen LogP contribution >= 0.6 is 11.3 Å². The van der Waals surface area contributed by atoms with Gasteiger partial charge in [0.15, 0.2) is 5.13 Å². The lowest BCUT2D eigenvalue weighted by molar-refractivity contribution is 0.187. The largest absolute Gasteiger partial charge is 0.383 e. The van der Waals surface area contributed by atoms with Crippen LogP contribution in [0.4, 0.5) is 5.13 Å². The van der Waals surface area contributed by atoms with Gasteiger partial charge in [0.05, 0.1) is 18.3 Å². The van der Waals surface area contributed by atoms with E-state index in [-0.39, 0.29) is 6.04 Å². The minimum Gasteiger partial charge on any atom is -0.383 e. The number of aryl methyl sites for hydroxylation is 1. The highest BCUT2D eigenvalue weighted by atomic mass is 32.1. The average molecular weight is 215 g/mol. The summed E-state index contributed by atoms with van der Waals surface area (Å²) in [5.74, 6) is 0. The highest BCUT2D eigenvalue weighted by Gasteiger charge is 2.07. The van der Waals surface area contributed by atoms with Crippen LogP contribution < -0.4 is 11.1 Å². The number of rotatable bonds is 6. The molecule has 0 aliphatic carbocycles. The maximum atomic E-state index is 5.58. The van der Waals surface area contributed by atoms with E-state index < -0.39 is 0 Å². The number of nitrogens with zero attached hydrogens (tertiary/aromatic N) is 1. The van der Waals surface area contributed by atoms with E-state index in [1.54, 1.807) is 18.4 Å². The fourth-order valence-electron chi connectivity index (χ4n) is 1.08. The van der Waals surface area contributed by atoms with Gasteiger partial charge in [0.1, 0.15) is 0 Å². The minimum atomic E-state index is 0.149. The number of hydrogen-bond acceptors (Lipinski definition) is 5. The summed E-state index contributed by atoms with van der Waals surface area (Å²) in [4.78, 5) is 4.40. The van der Waals surface area contributed by atoms with Crippen molar-refractivity contribution in [1.29, 1.82) is 0 Å². The molecule has 0 saturated carbocycles. The van der Waals surface area contributed by atoms with Crippen molar-refractivity contribution in [2.45, 2.75) is 19.4 Å². The number of nitrogens with one attached hydrogen (secondary N) is 1. The Morgan fingerprint density at radius 3 is 3.00 bits per heavy atom. The van der Waals surface area contributed by atoms with Crippen LogP contribution in [0.1, 0.15) is 12.6 Å². The predicted molar refractivity (Wildman–Crippen MR) is 59.8 cm³/mol. The number of hydrogen-bond donors (Lipinski definition) is 2. The first-order chi connectivity index (χ1) is 6.80. The number of thiazole rings is 1. The van der Waals surface area contributed by atoms with E-state index >= 15 is 0 Å². The van der Waals surface area contributed by atoms with Crippen molar-refractivity contribution in [2.24, 2.45) is 5.73 Å². The van der Waals surface area contributed by atoms with Gasteiger partial charge in [0.25, 0.3) is 0 Å². The molecule has 0 fully saturated rings. The fourth-order valence-corrected chi connectivity index (χ4v) is 1.95. The number of ether oxygens (including phenoxy) is 1. The highest BCUT2D eigenvalue weighted by molar-refractivity contribution is 7.13. The standard InChI is InChI=1S/C9H17N3OS/c1-3-7-6-14-9(11-7)12-8(4-10)5-13-2/h6,8H,3-5,10H2,1-2H3,(H,11,12). The molecule has 1 aromatic heterocycles. The summed E-state index contributed by atoms with van der Waals surface area (Å²) >= 11 is 1.61. The van der Waals surface area contributed by atoms with Gasteiger partial charge in [-0.15, -0.1) is 11.3 Å². The van der Waals surface area contributed by atoms with Gasteiger partial charge < -0.3 is 15.8 Å². The molecule has 0 aliphatic rings. The maximum Gasteiger partial charge on any atom is 0.183 e. The lowest BCUT2D eigenvalue weighted by Gasteiger charge is -2.14. The second-order valence-corrected chi connectivity index (χ2v) is 3.89. The molecule has 0 radical (unpaired) electrons. The Morgan fingerprint density at radius 2 is 2.50 bits per heavy atom. The molecule has 0 amide bonds. The third-order valence-electron chi connectivity index (χ3n) is 1.89. The van der Waals surface area contributed by atoms with Crippen LogP contribution in [0.25, 0.3) is 0 Å². The molecule has 0 aromatic carbocycles. The molecule has 1 heterocycles. The lowest BCUT2D eigenvalue weighted by Crippen LogP contribution is -2.32. The van der Waals surface area contributed by atoms with E-state index in [4.69, 9.17) is 10.5 Å². The van der Waals surface area contributed by atoms with Crippen molar-refractivity contribution in [1.82, 2.24) is 4.98 Å². The minimum absolute atomic E-state index is 0.149. The third-order valence-corrected chi connectivity index (χ3v) is 2.72. The van der Waals surface area contributed by atoms with E-state index in [9.17, 15) is 0 Å². The Bertz CT molecular complexity index is 264. The molecule has 80 valence electrons. The van der Waals surface area contributed by atoms with Gasteiger partial charge >= 0.3 is 0 Å². The van der Waals surface area contributed by atoms with Gasteiger partial charge in [-0.05, 0) is 6.42 Å². The van der Waals surface area contributed by atoms with E-state index in [1.807, 2.05) is 0 Å². The maximum absolute atomic E-state index is 5.58. The number of anilines is 1. The monoisotopic (exact) mass is 215 g/mol. The van der Waals surface area contributed by atoms with Gasteiger partial charge in [-0.2, -0.15) is 0 Å². The predicted octanol–water partition coefficient (Wildman–Crippen LogP) is 1.09. The molecule has 1 rings (SSSR count). The summed E-state index contributed by atoms with van der Waals surface area (Å²) in [5.41, 5.74) is 6.70. The number of nitrogens with two attached hydrogens (primary N) is 1.